The molecular formula is C25H28N2O4. The van der Waals surface area contributed by atoms with E-state index in [1.54, 1.807) is 19.2 Å². The van der Waals surface area contributed by atoms with Gasteiger partial charge in [-0.15, -0.1) is 0 Å². The molecule has 1 N–H and O–H groups in total. The first-order valence-electron chi connectivity index (χ1n) is 10.3. The number of carbonyl (C=O) groups is 2. The zero-order valence-electron chi connectivity index (χ0n) is 18.4. The summed E-state index contributed by atoms with van der Waals surface area (Å²) >= 11 is 0. The van der Waals surface area contributed by atoms with E-state index in [4.69, 9.17) is 9.47 Å². The molecule has 0 saturated heterocycles. The van der Waals surface area contributed by atoms with Crippen molar-refractivity contribution in [1.82, 2.24) is 9.88 Å². The van der Waals surface area contributed by atoms with E-state index in [9.17, 15) is 9.59 Å². The Morgan fingerprint density at radius 3 is 2.61 bits per heavy atom. The predicted octanol–water partition coefficient (Wildman–Crippen LogP) is 4.41. The quantitative estimate of drug-likeness (QED) is 0.433. The standard InChI is InChI=1S/C25H28N2O4/c1-5-11-26-24(28)17(2)13-18-6-7-19-10-12-27(22(19)14-18)16-21-9-8-20(25(29)31-4)15-23(21)30-3/h6-10,12-15H,5,11,16H2,1-4H3,(H,26,28)/b17-13-. The average molecular weight is 421 g/mol. The Labute approximate surface area is 182 Å². The predicted molar refractivity (Wildman–Crippen MR) is 122 cm³/mol. The number of hydrogen-bond donors (Lipinski definition) is 1. The van der Waals surface area contributed by atoms with Crippen LogP contribution in [0.25, 0.3) is 17.0 Å². The van der Waals surface area contributed by atoms with Crippen molar-refractivity contribution in [2.24, 2.45) is 0 Å². The first kappa shape index (κ1) is 22.2. The molecule has 2 aromatic carbocycles. The van der Waals surface area contributed by atoms with Gasteiger partial charge in [0.05, 0.1) is 26.3 Å². The molecule has 0 fully saturated rings. The molecule has 6 nitrogen and oxygen atoms in total. The summed E-state index contributed by atoms with van der Waals surface area (Å²) in [6, 6.07) is 13.5. The van der Waals surface area contributed by atoms with Crippen LogP contribution in [-0.2, 0) is 16.1 Å². The van der Waals surface area contributed by atoms with Crippen LogP contribution in [0.4, 0.5) is 0 Å². The van der Waals surface area contributed by atoms with Crippen molar-refractivity contribution >= 4 is 28.9 Å². The third-order valence-electron chi connectivity index (χ3n) is 5.12. The summed E-state index contributed by atoms with van der Waals surface area (Å²) in [7, 11) is 2.94. The zero-order chi connectivity index (χ0) is 22.4. The van der Waals surface area contributed by atoms with E-state index < -0.39 is 5.97 Å². The Kier molecular flexibility index (Phi) is 7.13. The van der Waals surface area contributed by atoms with E-state index >= 15 is 0 Å². The lowest BCUT2D eigenvalue weighted by molar-refractivity contribution is -0.117. The maximum absolute atomic E-state index is 12.2. The van der Waals surface area contributed by atoms with E-state index in [1.165, 1.54) is 7.11 Å². The molecule has 3 aromatic rings. The van der Waals surface area contributed by atoms with Gasteiger partial charge in [-0.05, 0) is 54.6 Å². The number of fused-ring (bicyclic) bond motifs is 1. The molecule has 0 atom stereocenters. The largest absolute Gasteiger partial charge is 0.496 e. The van der Waals surface area contributed by atoms with Crippen LogP contribution in [0.2, 0.25) is 0 Å². The highest BCUT2D eigenvalue weighted by Gasteiger charge is 2.12. The average Bonchev–Trinajstić information content (AvgIpc) is 3.18. The second-order valence-corrected chi connectivity index (χ2v) is 7.36. The third-order valence-corrected chi connectivity index (χ3v) is 5.12. The highest BCUT2D eigenvalue weighted by Crippen LogP contribution is 2.25. The molecule has 3 rings (SSSR count). The monoisotopic (exact) mass is 420 g/mol. The fourth-order valence-electron chi connectivity index (χ4n) is 3.43. The number of esters is 1. The molecule has 0 aliphatic heterocycles. The van der Waals surface area contributed by atoms with Gasteiger partial charge in [0.25, 0.3) is 0 Å². The molecule has 1 amide bonds. The van der Waals surface area contributed by atoms with E-state index in [0.29, 0.717) is 30.0 Å². The highest BCUT2D eigenvalue weighted by molar-refractivity contribution is 5.97. The first-order valence-corrected chi connectivity index (χ1v) is 10.3. The highest BCUT2D eigenvalue weighted by atomic mass is 16.5. The molecule has 0 radical (unpaired) electrons. The molecule has 0 spiro atoms. The maximum Gasteiger partial charge on any atom is 0.337 e. The fraction of sp³-hybridized carbons (Fsp3) is 0.280. The first-order chi connectivity index (χ1) is 15.0. The summed E-state index contributed by atoms with van der Waals surface area (Å²) in [6.07, 6.45) is 4.82. The van der Waals surface area contributed by atoms with Crippen molar-refractivity contribution in [2.45, 2.75) is 26.8 Å². The van der Waals surface area contributed by atoms with Gasteiger partial charge in [-0.25, -0.2) is 4.79 Å². The second kappa shape index (κ2) is 9.98. The molecule has 162 valence electrons. The van der Waals surface area contributed by atoms with E-state index in [1.807, 2.05) is 44.3 Å². The number of nitrogens with one attached hydrogen (secondary N) is 1. The molecule has 0 saturated carbocycles. The number of nitrogens with zero attached hydrogens (tertiary/aromatic N) is 1. The van der Waals surface area contributed by atoms with E-state index in [-0.39, 0.29) is 5.91 Å². The zero-order valence-corrected chi connectivity index (χ0v) is 18.4. The smallest absolute Gasteiger partial charge is 0.337 e. The molecule has 0 aliphatic rings. The minimum absolute atomic E-state index is 0.0484. The SMILES string of the molecule is CCCNC(=O)/C(C)=C\c1ccc2ccn(Cc3ccc(C(=O)OC)cc3OC)c2c1. The van der Waals surface area contributed by atoms with Gasteiger partial charge >= 0.3 is 5.97 Å². The summed E-state index contributed by atoms with van der Waals surface area (Å²) < 4.78 is 12.4. The van der Waals surface area contributed by atoms with Gasteiger partial charge in [-0.1, -0.05) is 25.1 Å². The summed E-state index contributed by atoms with van der Waals surface area (Å²) in [5, 5.41) is 4.01. The Morgan fingerprint density at radius 1 is 1.10 bits per heavy atom. The molecule has 0 aliphatic carbocycles. The molecular weight excluding hydrogens is 392 g/mol. The summed E-state index contributed by atoms with van der Waals surface area (Å²) in [5.74, 6) is 0.183. The van der Waals surface area contributed by atoms with Crippen molar-refractivity contribution in [3.05, 3.63) is 70.9 Å². The lowest BCUT2D eigenvalue weighted by atomic mass is 10.1. The topological polar surface area (TPSA) is 69.6 Å². The third kappa shape index (κ3) is 5.15. The van der Waals surface area contributed by atoms with Gasteiger partial charge in [0.1, 0.15) is 5.75 Å². The van der Waals surface area contributed by atoms with Crippen LogP contribution in [0.15, 0.2) is 54.2 Å². The van der Waals surface area contributed by atoms with Crippen LogP contribution in [-0.4, -0.2) is 37.2 Å². The molecule has 1 aromatic heterocycles. The van der Waals surface area contributed by atoms with Crippen molar-refractivity contribution < 1.29 is 19.1 Å². The number of aromatic nitrogens is 1. The number of benzene rings is 2. The molecule has 0 unspecified atom stereocenters. The van der Waals surface area contributed by atoms with Crippen LogP contribution < -0.4 is 10.1 Å². The number of hydrogen-bond acceptors (Lipinski definition) is 4. The summed E-state index contributed by atoms with van der Waals surface area (Å²) in [5.41, 5.74) is 4.08. The number of ether oxygens (including phenoxy) is 2. The number of rotatable bonds is 8. The molecule has 6 heteroatoms. The van der Waals surface area contributed by atoms with Gasteiger partial charge in [0.2, 0.25) is 5.91 Å². The maximum atomic E-state index is 12.2. The molecule has 0 bridgehead atoms. The normalized spacial score (nSPS) is 11.4. The Balaban J connectivity index is 1.90. The fourth-order valence-corrected chi connectivity index (χ4v) is 3.43. The van der Waals surface area contributed by atoms with Gasteiger partial charge in [-0.2, -0.15) is 0 Å². The van der Waals surface area contributed by atoms with Crippen LogP contribution in [0, 0.1) is 0 Å². The lowest BCUT2D eigenvalue weighted by Gasteiger charge is -2.12. The number of methoxy groups -OCH3 is 2. The Bertz CT molecular complexity index is 1130. The van der Waals surface area contributed by atoms with Crippen LogP contribution in [0.1, 0.15) is 41.8 Å². The van der Waals surface area contributed by atoms with E-state index in [2.05, 4.69) is 22.0 Å². The van der Waals surface area contributed by atoms with Crippen molar-refractivity contribution in [3.8, 4) is 5.75 Å². The van der Waals surface area contributed by atoms with Gasteiger partial charge in [-0.3, -0.25) is 4.79 Å². The van der Waals surface area contributed by atoms with Crippen LogP contribution in [0.3, 0.4) is 0 Å². The minimum atomic E-state index is -0.397. The van der Waals surface area contributed by atoms with Crippen LogP contribution in [0.5, 0.6) is 5.75 Å². The Hall–Kier alpha value is -3.54. The minimum Gasteiger partial charge on any atom is -0.496 e. The number of amides is 1. The van der Waals surface area contributed by atoms with Crippen molar-refractivity contribution in [1.29, 1.82) is 0 Å². The Morgan fingerprint density at radius 2 is 1.90 bits per heavy atom. The van der Waals surface area contributed by atoms with Gasteiger partial charge in [0.15, 0.2) is 0 Å². The molecule has 1 heterocycles. The molecule has 31 heavy (non-hydrogen) atoms. The van der Waals surface area contributed by atoms with Gasteiger partial charge in [0, 0.05) is 29.4 Å². The van der Waals surface area contributed by atoms with Crippen molar-refractivity contribution in [3.63, 3.8) is 0 Å². The van der Waals surface area contributed by atoms with E-state index in [0.717, 1.165) is 28.5 Å². The summed E-state index contributed by atoms with van der Waals surface area (Å²) in [6.45, 7) is 5.10. The van der Waals surface area contributed by atoms with Crippen molar-refractivity contribution in [2.75, 3.05) is 20.8 Å². The lowest BCUT2D eigenvalue weighted by Crippen LogP contribution is -2.24. The van der Waals surface area contributed by atoms with Gasteiger partial charge < -0.3 is 19.4 Å². The summed E-state index contributed by atoms with van der Waals surface area (Å²) in [4.78, 5) is 24.0. The second-order valence-electron chi connectivity index (χ2n) is 7.36. The van der Waals surface area contributed by atoms with Crippen LogP contribution >= 0.6 is 0 Å². The number of carbonyl (C=O) groups excluding carboxylic acids is 2.